The van der Waals surface area contributed by atoms with Crippen LogP contribution in [0.5, 0.6) is 0 Å². The first-order valence-corrected chi connectivity index (χ1v) is 6.50. The summed E-state index contributed by atoms with van der Waals surface area (Å²) in [7, 11) is 0. The van der Waals surface area contributed by atoms with Gasteiger partial charge < -0.3 is 5.73 Å². The zero-order valence-corrected chi connectivity index (χ0v) is 11.1. The molecular weight excluding hydrogens is 256 g/mol. The van der Waals surface area contributed by atoms with Gasteiger partial charge in [0.2, 0.25) is 0 Å². The minimum atomic E-state index is 0.520. The second-order valence-corrected chi connectivity index (χ2v) is 4.78. The van der Waals surface area contributed by atoms with E-state index in [0.29, 0.717) is 11.7 Å². The fourth-order valence-corrected chi connectivity index (χ4v) is 2.42. The molecule has 2 N–H and O–H groups in total. The molecule has 0 atom stereocenters. The van der Waals surface area contributed by atoms with E-state index < -0.39 is 0 Å². The highest BCUT2D eigenvalue weighted by molar-refractivity contribution is 6.32. The molecule has 1 heterocycles. The number of para-hydroxylation sites is 1. The van der Waals surface area contributed by atoms with Gasteiger partial charge in [-0.2, -0.15) is 0 Å². The van der Waals surface area contributed by atoms with Gasteiger partial charge in [-0.05, 0) is 29.3 Å². The molecule has 3 aromatic rings. The van der Waals surface area contributed by atoms with E-state index in [1.54, 1.807) is 0 Å². The van der Waals surface area contributed by atoms with Crippen LogP contribution in [0.2, 0.25) is 5.15 Å². The van der Waals surface area contributed by atoms with E-state index >= 15 is 0 Å². The van der Waals surface area contributed by atoms with Gasteiger partial charge in [-0.25, -0.2) is 4.98 Å². The number of pyridine rings is 1. The maximum absolute atomic E-state index is 6.29. The predicted molar refractivity (Wildman–Crippen MR) is 80.1 cm³/mol. The number of halogens is 1. The highest BCUT2D eigenvalue weighted by Crippen LogP contribution is 2.30. The summed E-state index contributed by atoms with van der Waals surface area (Å²) in [5.74, 6) is 0. The number of benzene rings is 2. The molecule has 2 nitrogen and oxygen atoms in total. The quantitative estimate of drug-likeness (QED) is 0.713. The zero-order chi connectivity index (χ0) is 13.2. The largest absolute Gasteiger partial charge is 0.326 e. The first kappa shape index (κ1) is 12.2. The van der Waals surface area contributed by atoms with Crippen molar-refractivity contribution in [3.8, 4) is 11.1 Å². The third-order valence-electron chi connectivity index (χ3n) is 3.15. The molecule has 3 rings (SSSR count). The number of hydrogen-bond acceptors (Lipinski definition) is 2. The van der Waals surface area contributed by atoms with Crippen LogP contribution in [-0.2, 0) is 6.54 Å². The van der Waals surface area contributed by atoms with E-state index in [1.807, 2.05) is 42.5 Å². The van der Waals surface area contributed by atoms with Crippen LogP contribution in [0.3, 0.4) is 0 Å². The van der Waals surface area contributed by atoms with Crippen LogP contribution in [0, 0.1) is 0 Å². The third-order valence-corrected chi connectivity index (χ3v) is 3.44. The topological polar surface area (TPSA) is 38.9 Å². The van der Waals surface area contributed by atoms with Crippen LogP contribution in [-0.4, -0.2) is 4.98 Å². The summed E-state index contributed by atoms with van der Waals surface area (Å²) in [5, 5.41) is 1.60. The molecule has 0 aliphatic rings. The molecule has 0 spiro atoms. The van der Waals surface area contributed by atoms with Gasteiger partial charge >= 0.3 is 0 Å². The lowest BCUT2D eigenvalue weighted by Gasteiger charge is -2.07. The molecule has 0 saturated heterocycles. The molecule has 94 valence electrons. The Hall–Kier alpha value is -1.90. The Kier molecular flexibility index (Phi) is 3.20. The molecule has 0 unspecified atom stereocenters. The minimum Gasteiger partial charge on any atom is -0.326 e. The van der Waals surface area contributed by atoms with Crippen LogP contribution < -0.4 is 5.73 Å². The van der Waals surface area contributed by atoms with Crippen LogP contribution in [0.4, 0.5) is 0 Å². The summed E-state index contributed by atoms with van der Waals surface area (Å²) in [4.78, 5) is 4.44. The first-order chi connectivity index (χ1) is 9.28. The molecular formula is C16H13ClN2. The second kappa shape index (κ2) is 5.00. The lowest BCUT2D eigenvalue weighted by atomic mass is 10.0. The molecule has 2 aromatic carbocycles. The average molecular weight is 269 g/mol. The fourth-order valence-electron chi connectivity index (χ4n) is 2.16. The molecule has 0 fully saturated rings. The minimum absolute atomic E-state index is 0.520. The van der Waals surface area contributed by atoms with Gasteiger partial charge in [0, 0.05) is 17.5 Å². The molecule has 0 aliphatic carbocycles. The Bertz CT molecular complexity index is 738. The van der Waals surface area contributed by atoms with E-state index in [0.717, 1.165) is 27.6 Å². The summed E-state index contributed by atoms with van der Waals surface area (Å²) in [6, 6.07) is 18.1. The van der Waals surface area contributed by atoms with Crippen molar-refractivity contribution >= 4 is 22.5 Å². The summed E-state index contributed by atoms with van der Waals surface area (Å²) >= 11 is 6.29. The van der Waals surface area contributed by atoms with Gasteiger partial charge in [0.25, 0.3) is 0 Å². The van der Waals surface area contributed by atoms with Crippen molar-refractivity contribution in [1.82, 2.24) is 4.98 Å². The summed E-state index contributed by atoms with van der Waals surface area (Å²) < 4.78 is 0. The van der Waals surface area contributed by atoms with Crippen molar-refractivity contribution in [3.63, 3.8) is 0 Å². The van der Waals surface area contributed by atoms with Crippen molar-refractivity contribution in [1.29, 1.82) is 0 Å². The van der Waals surface area contributed by atoms with Crippen molar-refractivity contribution in [2.75, 3.05) is 0 Å². The molecule has 0 amide bonds. The maximum Gasteiger partial charge on any atom is 0.137 e. The number of hydrogen-bond donors (Lipinski definition) is 1. The van der Waals surface area contributed by atoms with Gasteiger partial charge in [0.05, 0.1) is 5.52 Å². The summed E-state index contributed by atoms with van der Waals surface area (Å²) in [5.41, 5.74) is 9.66. The number of aromatic nitrogens is 1. The Morgan fingerprint density at radius 1 is 1.00 bits per heavy atom. The highest BCUT2D eigenvalue weighted by Gasteiger charge is 2.07. The second-order valence-electron chi connectivity index (χ2n) is 4.42. The monoisotopic (exact) mass is 268 g/mol. The van der Waals surface area contributed by atoms with Crippen LogP contribution >= 0.6 is 11.6 Å². The van der Waals surface area contributed by atoms with Crippen LogP contribution in [0.15, 0.2) is 54.6 Å². The molecule has 1 aromatic heterocycles. The van der Waals surface area contributed by atoms with Gasteiger partial charge in [-0.15, -0.1) is 0 Å². The maximum atomic E-state index is 6.29. The number of nitrogens with two attached hydrogens (primary N) is 1. The third kappa shape index (κ3) is 2.33. The van der Waals surface area contributed by atoms with Crippen LogP contribution in [0.25, 0.3) is 22.0 Å². The molecule has 19 heavy (non-hydrogen) atoms. The highest BCUT2D eigenvalue weighted by atomic mass is 35.5. The van der Waals surface area contributed by atoms with Gasteiger partial charge in [-0.3, -0.25) is 0 Å². The Morgan fingerprint density at radius 2 is 1.84 bits per heavy atom. The Labute approximate surface area is 116 Å². The van der Waals surface area contributed by atoms with E-state index in [4.69, 9.17) is 17.3 Å². The number of fused-ring (bicyclic) bond motifs is 1. The smallest absolute Gasteiger partial charge is 0.137 e. The Morgan fingerprint density at radius 3 is 2.68 bits per heavy atom. The van der Waals surface area contributed by atoms with Crippen LogP contribution in [0.1, 0.15) is 5.56 Å². The molecule has 0 aliphatic heterocycles. The standard InChI is InChI=1S/C16H13ClN2/c17-16-14(12-6-3-4-11(8-12)10-18)9-13-5-1-2-7-15(13)19-16/h1-9H,10,18H2. The molecule has 3 heteroatoms. The van der Waals surface area contributed by atoms with Crippen molar-refractivity contribution in [2.45, 2.75) is 6.54 Å². The lowest BCUT2D eigenvalue weighted by Crippen LogP contribution is -1.96. The fraction of sp³-hybridized carbons (Fsp3) is 0.0625. The molecule has 0 saturated carbocycles. The van der Waals surface area contributed by atoms with E-state index in [-0.39, 0.29) is 0 Å². The molecule has 0 bridgehead atoms. The van der Waals surface area contributed by atoms with Gasteiger partial charge in [0.1, 0.15) is 5.15 Å². The van der Waals surface area contributed by atoms with E-state index in [1.165, 1.54) is 0 Å². The first-order valence-electron chi connectivity index (χ1n) is 6.12. The predicted octanol–water partition coefficient (Wildman–Crippen LogP) is 4.01. The summed E-state index contributed by atoms with van der Waals surface area (Å²) in [6.07, 6.45) is 0. The van der Waals surface area contributed by atoms with Crippen molar-refractivity contribution < 1.29 is 0 Å². The zero-order valence-electron chi connectivity index (χ0n) is 10.3. The van der Waals surface area contributed by atoms with E-state index in [2.05, 4.69) is 17.1 Å². The van der Waals surface area contributed by atoms with E-state index in [9.17, 15) is 0 Å². The van der Waals surface area contributed by atoms with Gasteiger partial charge in [-0.1, -0.05) is 48.0 Å². The van der Waals surface area contributed by atoms with Gasteiger partial charge in [0.15, 0.2) is 0 Å². The lowest BCUT2D eigenvalue weighted by molar-refractivity contribution is 1.07. The van der Waals surface area contributed by atoms with Crippen molar-refractivity contribution in [3.05, 3.63) is 65.3 Å². The molecule has 0 radical (unpaired) electrons. The average Bonchev–Trinajstić information content (AvgIpc) is 2.46. The SMILES string of the molecule is NCc1cccc(-c2cc3ccccc3nc2Cl)c1. The number of nitrogens with zero attached hydrogens (tertiary/aromatic N) is 1. The summed E-state index contributed by atoms with van der Waals surface area (Å²) in [6.45, 7) is 0.520. The number of rotatable bonds is 2. The Balaban J connectivity index is 2.20. The normalized spacial score (nSPS) is 10.8. The van der Waals surface area contributed by atoms with Crippen molar-refractivity contribution in [2.24, 2.45) is 5.73 Å².